The first-order chi connectivity index (χ1) is 15.1. The van der Waals surface area contributed by atoms with Crippen LogP contribution in [0.15, 0.2) is 48.5 Å². The highest BCUT2D eigenvalue weighted by Gasteiger charge is 2.30. The highest BCUT2D eigenvalue weighted by molar-refractivity contribution is 5.79. The fourth-order valence-electron chi connectivity index (χ4n) is 4.20. The summed E-state index contributed by atoms with van der Waals surface area (Å²) >= 11 is 0. The number of ether oxygens (including phenoxy) is 1. The topological polar surface area (TPSA) is 66.8 Å². The summed E-state index contributed by atoms with van der Waals surface area (Å²) in [5.74, 6) is 0.532. The molecule has 1 aliphatic rings. The van der Waals surface area contributed by atoms with Crippen LogP contribution in [0.3, 0.4) is 0 Å². The number of amides is 1. The highest BCUT2D eigenvalue weighted by Crippen LogP contribution is 2.30. The van der Waals surface area contributed by atoms with Gasteiger partial charge in [-0.1, -0.05) is 50.2 Å². The minimum absolute atomic E-state index is 0.158. The number of hydrogen-bond donors (Lipinski definition) is 1. The number of rotatable bonds is 8. The summed E-state index contributed by atoms with van der Waals surface area (Å²) < 4.78 is 5.70. The predicted molar refractivity (Wildman–Crippen MR) is 126 cm³/mol. The number of carboxylic acids is 1. The number of carbonyl (C=O) groups is 2. The van der Waals surface area contributed by atoms with Crippen LogP contribution in [-0.2, 0) is 22.4 Å². The van der Waals surface area contributed by atoms with E-state index in [0.29, 0.717) is 24.6 Å². The van der Waals surface area contributed by atoms with E-state index < -0.39 is 11.6 Å². The lowest BCUT2D eigenvalue weighted by Gasteiger charge is -2.33. The van der Waals surface area contributed by atoms with E-state index >= 15 is 0 Å². The van der Waals surface area contributed by atoms with E-state index in [1.165, 1.54) is 5.56 Å². The average molecular weight is 438 g/mol. The van der Waals surface area contributed by atoms with Crippen LogP contribution < -0.4 is 4.74 Å². The van der Waals surface area contributed by atoms with Crippen molar-refractivity contribution in [2.75, 3.05) is 13.1 Å². The largest absolute Gasteiger partial charge is 0.478 e. The molecule has 1 aliphatic heterocycles. The van der Waals surface area contributed by atoms with Crippen molar-refractivity contribution in [2.45, 2.75) is 64.9 Å². The Kier molecular flexibility index (Phi) is 7.60. The van der Waals surface area contributed by atoms with Crippen molar-refractivity contribution in [3.8, 4) is 5.75 Å². The van der Waals surface area contributed by atoms with Crippen LogP contribution in [0.2, 0.25) is 0 Å². The molecular weight excluding hydrogens is 402 g/mol. The normalized spacial score (nSPS) is 16.8. The molecule has 1 fully saturated rings. The highest BCUT2D eigenvalue weighted by atomic mass is 16.5. The first kappa shape index (κ1) is 23.8. The molecule has 2 aromatic rings. The number of hydrogen-bond acceptors (Lipinski definition) is 3. The van der Waals surface area contributed by atoms with Gasteiger partial charge in [0, 0.05) is 19.0 Å². The third-order valence-corrected chi connectivity index (χ3v) is 6.01. The summed E-state index contributed by atoms with van der Waals surface area (Å²) in [6, 6.07) is 16.0. The standard InChI is InChI=1S/C27H35NO4/c1-19(2)15-20-10-12-21(13-11-20)16-25(29)28-14-6-8-23(18-28)22-7-5-9-24(17-22)32-27(3,4)26(30)31/h5,7,9-13,17,19,23H,6,8,14-16,18H2,1-4H3,(H,30,31). The van der Waals surface area contributed by atoms with Gasteiger partial charge < -0.3 is 14.7 Å². The molecule has 0 saturated carbocycles. The summed E-state index contributed by atoms with van der Waals surface area (Å²) in [5, 5.41) is 9.32. The summed E-state index contributed by atoms with van der Waals surface area (Å²) in [5.41, 5.74) is 2.15. The molecule has 1 amide bonds. The Hall–Kier alpha value is -2.82. The van der Waals surface area contributed by atoms with Crippen LogP contribution in [-0.4, -0.2) is 40.6 Å². The van der Waals surface area contributed by atoms with Crippen LogP contribution in [0, 0.1) is 5.92 Å². The van der Waals surface area contributed by atoms with Gasteiger partial charge in [-0.25, -0.2) is 4.79 Å². The number of carbonyl (C=O) groups excluding carboxylic acids is 1. The second kappa shape index (κ2) is 10.2. The van der Waals surface area contributed by atoms with Gasteiger partial charge in [-0.2, -0.15) is 0 Å². The average Bonchev–Trinajstić information content (AvgIpc) is 2.74. The van der Waals surface area contributed by atoms with Crippen molar-refractivity contribution in [3.05, 3.63) is 65.2 Å². The number of piperidine rings is 1. The molecule has 3 rings (SSSR count). The maximum Gasteiger partial charge on any atom is 0.347 e. The van der Waals surface area contributed by atoms with E-state index in [1.807, 2.05) is 23.1 Å². The van der Waals surface area contributed by atoms with Gasteiger partial charge >= 0.3 is 5.97 Å². The number of carboxylic acid groups (broad SMARTS) is 1. The predicted octanol–water partition coefficient (Wildman–Crippen LogP) is 5.08. The van der Waals surface area contributed by atoms with E-state index in [4.69, 9.17) is 4.74 Å². The van der Waals surface area contributed by atoms with E-state index in [9.17, 15) is 14.7 Å². The number of aliphatic carboxylic acids is 1. The van der Waals surface area contributed by atoms with Crippen LogP contribution in [0.25, 0.3) is 0 Å². The summed E-state index contributed by atoms with van der Waals surface area (Å²) in [6.07, 6.45) is 3.42. The van der Waals surface area contributed by atoms with Crippen LogP contribution in [0.4, 0.5) is 0 Å². The first-order valence-corrected chi connectivity index (χ1v) is 11.5. The maximum absolute atomic E-state index is 13.0. The molecule has 2 aromatic carbocycles. The number of likely N-dealkylation sites (tertiary alicyclic amines) is 1. The van der Waals surface area contributed by atoms with Gasteiger partial charge in [0.1, 0.15) is 5.75 Å². The lowest BCUT2D eigenvalue weighted by Crippen LogP contribution is -2.40. The van der Waals surface area contributed by atoms with Crippen molar-refractivity contribution in [1.29, 1.82) is 0 Å². The molecule has 0 aromatic heterocycles. The SMILES string of the molecule is CC(C)Cc1ccc(CC(=O)N2CCCC(c3cccc(OC(C)(C)C(=O)O)c3)C2)cc1. The molecule has 1 atom stereocenters. The fraction of sp³-hybridized carbons (Fsp3) is 0.481. The third kappa shape index (κ3) is 6.35. The smallest absolute Gasteiger partial charge is 0.347 e. The minimum Gasteiger partial charge on any atom is -0.478 e. The van der Waals surface area contributed by atoms with E-state index in [0.717, 1.165) is 36.9 Å². The summed E-state index contributed by atoms with van der Waals surface area (Å²) in [6.45, 7) is 8.95. The molecule has 5 heteroatoms. The van der Waals surface area contributed by atoms with Crippen LogP contribution in [0.5, 0.6) is 5.75 Å². The second-order valence-electron chi connectivity index (χ2n) is 9.76. The van der Waals surface area contributed by atoms with Gasteiger partial charge in [0.2, 0.25) is 5.91 Å². The van der Waals surface area contributed by atoms with Crippen molar-refractivity contribution in [2.24, 2.45) is 5.92 Å². The zero-order chi connectivity index (χ0) is 23.3. The zero-order valence-electron chi connectivity index (χ0n) is 19.6. The van der Waals surface area contributed by atoms with Crippen molar-refractivity contribution >= 4 is 11.9 Å². The van der Waals surface area contributed by atoms with Crippen LogP contribution in [0.1, 0.15) is 63.1 Å². The molecule has 172 valence electrons. The van der Waals surface area contributed by atoms with E-state index in [-0.39, 0.29) is 11.8 Å². The molecule has 1 heterocycles. The Morgan fingerprint density at radius 3 is 2.47 bits per heavy atom. The molecule has 0 radical (unpaired) electrons. The fourth-order valence-corrected chi connectivity index (χ4v) is 4.20. The van der Waals surface area contributed by atoms with Crippen molar-refractivity contribution in [1.82, 2.24) is 4.90 Å². The Labute approximate surface area is 191 Å². The second-order valence-corrected chi connectivity index (χ2v) is 9.76. The van der Waals surface area contributed by atoms with Gasteiger partial charge in [-0.15, -0.1) is 0 Å². The monoisotopic (exact) mass is 437 g/mol. The Bertz CT molecular complexity index is 933. The summed E-state index contributed by atoms with van der Waals surface area (Å²) in [4.78, 5) is 26.3. The van der Waals surface area contributed by atoms with Crippen LogP contribution >= 0.6 is 0 Å². The van der Waals surface area contributed by atoms with Gasteiger partial charge in [0.15, 0.2) is 5.60 Å². The molecule has 0 aliphatic carbocycles. The van der Waals surface area contributed by atoms with Gasteiger partial charge in [0.05, 0.1) is 6.42 Å². The third-order valence-electron chi connectivity index (χ3n) is 6.01. The Morgan fingerprint density at radius 2 is 1.81 bits per heavy atom. The molecule has 0 bridgehead atoms. The van der Waals surface area contributed by atoms with Gasteiger partial charge in [0.25, 0.3) is 0 Å². The van der Waals surface area contributed by atoms with Gasteiger partial charge in [-0.3, -0.25) is 4.79 Å². The van der Waals surface area contributed by atoms with Crippen molar-refractivity contribution < 1.29 is 19.4 Å². The lowest BCUT2D eigenvalue weighted by molar-refractivity contribution is -0.152. The molecular formula is C27H35NO4. The minimum atomic E-state index is -1.29. The maximum atomic E-state index is 13.0. The molecule has 5 nitrogen and oxygen atoms in total. The quantitative estimate of drug-likeness (QED) is 0.626. The lowest BCUT2D eigenvalue weighted by atomic mass is 9.90. The summed E-state index contributed by atoms with van der Waals surface area (Å²) in [7, 11) is 0. The first-order valence-electron chi connectivity index (χ1n) is 11.5. The van der Waals surface area contributed by atoms with E-state index in [1.54, 1.807) is 19.9 Å². The molecule has 32 heavy (non-hydrogen) atoms. The number of benzene rings is 2. The number of nitrogens with zero attached hydrogens (tertiary/aromatic N) is 1. The Morgan fingerprint density at radius 1 is 1.12 bits per heavy atom. The van der Waals surface area contributed by atoms with Crippen molar-refractivity contribution in [3.63, 3.8) is 0 Å². The molecule has 1 N–H and O–H groups in total. The molecule has 1 unspecified atom stereocenters. The molecule has 0 spiro atoms. The zero-order valence-corrected chi connectivity index (χ0v) is 19.6. The molecule has 1 saturated heterocycles. The Balaban J connectivity index is 1.63. The van der Waals surface area contributed by atoms with E-state index in [2.05, 4.69) is 38.1 Å². The van der Waals surface area contributed by atoms with Gasteiger partial charge in [-0.05, 0) is 67.9 Å².